The normalized spacial score (nSPS) is 21.0. The Bertz CT molecular complexity index is 780. The molecule has 0 spiro atoms. The molecule has 1 aromatic carbocycles. The maximum Gasteiger partial charge on any atom is 0.417 e. The topological polar surface area (TPSA) is 101 Å². The monoisotopic (exact) mass is 341 g/mol. The van der Waals surface area contributed by atoms with Gasteiger partial charge < -0.3 is 15.9 Å². The number of halogens is 3. The van der Waals surface area contributed by atoms with Crippen LogP contribution in [0.15, 0.2) is 35.9 Å². The summed E-state index contributed by atoms with van der Waals surface area (Å²) in [4.78, 5) is 22.7. The fourth-order valence-corrected chi connectivity index (χ4v) is 2.55. The summed E-state index contributed by atoms with van der Waals surface area (Å²) in [6, 6.07) is 3.08. The lowest BCUT2D eigenvalue weighted by molar-refractivity contribution is -0.145. The summed E-state index contributed by atoms with van der Waals surface area (Å²) in [5.74, 6) is -2.70. The van der Waals surface area contributed by atoms with Gasteiger partial charge in [-0.05, 0) is 42.7 Å². The average Bonchev–Trinajstić information content (AvgIpc) is 2.45. The molecule has 1 atom stereocenters. The number of hydrogen-bond acceptors (Lipinski definition) is 3. The second-order valence-electron chi connectivity index (χ2n) is 5.78. The minimum Gasteiger partial charge on any atom is -0.481 e. The molecule has 0 aromatic heterocycles. The molecule has 0 heterocycles. The van der Waals surface area contributed by atoms with Gasteiger partial charge in [-0.15, -0.1) is 0 Å². The highest BCUT2D eigenvalue weighted by molar-refractivity contribution is 5.96. The van der Waals surface area contributed by atoms with E-state index >= 15 is 0 Å². The number of rotatable bonds is 3. The molecular formula is C16H14F3NO4. The smallest absolute Gasteiger partial charge is 0.417 e. The van der Waals surface area contributed by atoms with E-state index in [4.69, 9.17) is 10.8 Å². The fraction of sp³-hybridized carbons (Fsp3) is 0.250. The number of nitrogen functional groups attached to an aromatic ring is 1. The molecule has 1 aliphatic rings. The molecule has 1 aliphatic carbocycles. The summed E-state index contributed by atoms with van der Waals surface area (Å²) in [5, 5.41) is 18.5. The van der Waals surface area contributed by atoms with Crippen molar-refractivity contribution in [2.45, 2.75) is 19.5 Å². The van der Waals surface area contributed by atoms with Gasteiger partial charge in [-0.25, -0.2) is 4.79 Å². The van der Waals surface area contributed by atoms with Gasteiger partial charge in [0.1, 0.15) is 0 Å². The zero-order chi connectivity index (χ0) is 18.3. The fourth-order valence-electron chi connectivity index (χ4n) is 2.55. The van der Waals surface area contributed by atoms with Crippen molar-refractivity contribution in [2.75, 3.05) is 5.73 Å². The average molecular weight is 341 g/mol. The van der Waals surface area contributed by atoms with Crippen molar-refractivity contribution in [3.05, 3.63) is 47.1 Å². The Morgan fingerprint density at radius 2 is 1.88 bits per heavy atom. The van der Waals surface area contributed by atoms with Crippen LogP contribution in [0.25, 0.3) is 5.57 Å². The Labute approximate surface area is 134 Å². The van der Waals surface area contributed by atoms with Gasteiger partial charge in [0.05, 0.1) is 11.0 Å². The quantitative estimate of drug-likeness (QED) is 0.733. The van der Waals surface area contributed by atoms with E-state index < -0.39 is 29.1 Å². The Balaban J connectivity index is 2.72. The van der Waals surface area contributed by atoms with Crippen LogP contribution < -0.4 is 5.73 Å². The highest BCUT2D eigenvalue weighted by atomic mass is 19.4. The number of carboxylic acids is 2. The van der Waals surface area contributed by atoms with Crippen molar-refractivity contribution in [2.24, 2.45) is 5.41 Å². The van der Waals surface area contributed by atoms with Crippen molar-refractivity contribution < 1.29 is 33.0 Å². The second kappa shape index (κ2) is 5.70. The number of carboxylic acid groups (broad SMARTS) is 2. The van der Waals surface area contributed by atoms with Crippen molar-refractivity contribution in [1.82, 2.24) is 0 Å². The van der Waals surface area contributed by atoms with E-state index in [0.717, 1.165) is 24.3 Å². The maximum atomic E-state index is 13.3. The number of carbonyl (C=O) groups is 2. The first-order chi connectivity index (χ1) is 10.9. The van der Waals surface area contributed by atoms with Crippen molar-refractivity contribution in [3.63, 3.8) is 0 Å². The summed E-state index contributed by atoms with van der Waals surface area (Å²) >= 11 is 0. The van der Waals surface area contributed by atoms with Crippen LogP contribution in [0.5, 0.6) is 0 Å². The van der Waals surface area contributed by atoms with E-state index in [1.165, 1.54) is 13.0 Å². The van der Waals surface area contributed by atoms with E-state index in [2.05, 4.69) is 0 Å². The lowest BCUT2D eigenvalue weighted by atomic mass is 9.76. The highest BCUT2D eigenvalue weighted by Gasteiger charge is 2.39. The number of hydrogen-bond donors (Lipinski definition) is 3. The zero-order valence-electron chi connectivity index (χ0n) is 12.5. The van der Waals surface area contributed by atoms with E-state index in [-0.39, 0.29) is 28.8 Å². The first-order valence-corrected chi connectivity index (χ1v) is 6.81. The Kier molecular flexibility index (Phi) is 4.18. The zero-order valence-corrected chi connectivity index (χ0v) is 12.5. The number of allylic oxidation sites excluding steroid dienone is 2. The van der Waals surface area contributed by atoms with Crippen LogP contribution in [0.4, 0.5) is 18.9 Å². The molecule has 0 radical (unpaired) electrons. The van der Waals surface area contributed by atoms with Gasteiger partial charge in [0.15, 0.2) is 0 Å². The Hall–Kier alpha value is -2.77. The minimum absolute atomic E-state index is 0.106. The van der Waals surface area contributed by atoms with Crippen LogP contribution in [0.1, 0.15) is 24.5 Å². The number of aliphatic carboxylic acids is 2. The van der Waals surface area contributed by atoms with Gasteiger partial charge in [0.2, 0.25) is 0 Å². The van der Waals surface area contributed by atoms with Crippen LogP contribution in [-0.4, -0.2) is 22.2 Å². The minimum atomic E-state index is -4.72. The Morgan fingerprint density at radius 3 is 2.38 bits per heavy atom. The van der Waals surface area contributed by atoms with Crippen LogP contribution in [0, 0.1) is 5.41 Å². The molecule has 8 heteroatoms. The standard InChI is InChI=1S/C16H14F3NO4/c1-15(14(23)24)6-8(4-9(7-15)13(21)22)11-3-2-10(20)5-12(11)16(17,18)19/h2-6H,7,20H2,1H3,(H,21,22)(H,23,24). The van der Waals surface area contributed by atoms with Gasteiger partial charge in [-0.3, -0.25) is 4.79 Å². The van der Waals surface area contributed by atoms with E-state index in [9.17, 15) is 27.9 Å². The van der Waals surface area contributed by atoms with Crippen molar-refractivity contribution >= 4 is 23.2 Å². The summed E-state index contributed by atoms with van der Waals surface area (Å²) in [7, 11) is 0. The number of benzene rings is 1. The van der Waals surface area contributed by atoms with E-state index in [1.807, 2.05) is 0 Å². The summed E-state index contributed by atoms with van der Waals surface area (Å²) in [6.45, 7) is 1.26. The molecule has 0 saturated carbocycles. The SMILES string of the molecule is CC1(C(=O)O)C=C(c2ccc(N)cc2C(F)(F)F)C=C(C(=O)O)C1. The molecular weight excluding hydrogens is 327 g/mol. The first-order valence-electron chi connectivity index (χ1n) is 6.81. The maximum absolute atomic E-state index is 13.3. The largest absolute Gasteiger partial charge is 0.481 e. The van der Waals surface area contributed by atoms with Crippen LogP contribution in [-0.2, 0) is 15.8 Å². The predicted molar refractivity (Wildman–Crippen MR) is 79.9 cm³/mol. The van der Waals surface area contributed by atoms with Crippen molar-refractivity contribution in [1.29, 1.82) is 0 Å². The van der Waals surface area contributed by atoms with Gasteiger partial charge in [0.25, 0.3) is 0 Å². The van der Waals surface area contributed by atoms with Gasteiger partial charge >= 0.3 is 18.1 Å². The predicted octanol–water partition coefficient (Wildman–Crippen LogP) is 3.18. The molecule has 24 heavy (non-hydrogen) atoms. The van der Waals surface area contributed by atoms with Crippen LogP contribution in [0.2, 0.25) is 0 Å². The molecule has 0 saturated heterocycles. The molecule has 0 fully saturated rings. The Morgan fingerprint density at radius 1 is 1.25 bits per heavy atom. The molecule has 1 aromatic rings. The molecule has 128 valence electrons. The third kappa shape index (κ3) is 3.27. The molecule has 0 amide bonds. The van der Waals surface area contributed by atoms with Gasteiger partial charge in [-0.1, -0.05) is 12.1 Å². The molecule has 0 bridgehead atoms. The molecule has 2 rings (SSSR count). The molecule has 4 N–H and O–H groups in total. The third-order valence-corrected chi connectivity index (χ3v) is 3.78. The number of nitrogens with two attached hydrogens (primary N) is 1. The molecule has 5 nitrogen and oxygen atoms in total. The second-order valence-corrected chi connectivity index (χ2v) is 5.78. The summed E-state index contributed by atoms with van der Waals surface area (Å²) < 4.78 is 39.8. The lowest BCUT2D eigenvalue weighted by Gasteiger charge is -2.27. The highest BCUT2D eigenvalue weighted by Crippen LogP contribution is 2.42. The first kappa shape index (κ1) is 17.6. The molecule has 0 aliphatic heterocycles. The van der Waals surface area contributed by atoms with Gasteiger partial charge in [-0.2, -0.15) is 13.2 Å². The van der Waals surface area contributed by atoms with E-state index in [1.54, 1.807) is 0 Å². The van der Waals surface area contributed by atoms with Gasteiger partial charge in [0, 0.05) is 11.3 Å². The molecule has 1 unspecified atom stereocenters. The lowest BCUT2D eigenvalue weighted by Crippen LogP contribution is -2.29. The van der Waals surface area contributed by atoms with E-state index in [0.29, 0.717) is 0 Å². The van der Waals surface area contributed by atoms with Crippen LogP contribution >= 0.6 is 0 Å². The number of anilines is 1. The van der Waals surface area contributed by atoms with Crippen LogP contribution in [0.3, 0.4) is 0 Å². The summed E-state index contributed by atoms with van der Waals surface area (Å²) in [5.41, 5.74) is 1.92. The summed E-state index contributed by atoms with van der Waals surface area (Å²) in [6.07, 6.45) is -2.84. The van der Waals surface area contributed by atoms with Crippen molar-refractivity contribution in [3.8, 4) is 0 Å². The number of alkyl halides is 3. The third-order valence-electron chi connectivity index (χ3n) is 3.78.